The Morgan fingerprint density at radius 1 is 1.08 bits per heavy atom. The molecule has 136 valence electrons. The average Bonchev–Trinajstić information content (AvgIpc) is 2.67. The van der Waals surface area contributed by atoms with Gasteiger partial charge in [-0.25, -0.2) is 0 Å². The predicted octanol–water partition coefficient (Wildman–Crippen LogP) is 3.31. The molecule has 0 radical (unpaired) electrons. The van der Waals surface area contributed by atoms with Crippen molar-refractivity contribution in [2.24, 2.45) is 5.92 Å². The Labute approximate surface area is 154 Å². The van der Waals surface area contributed by atoms with E-state index in [9.17, 15) is 9.59 Å². The van der Waals surface area contributed by atoms with Crippen LogP contribution in [0.3, 0.4) is 0 Å². The minimum Gasteiger partial charge on any atom is -0.343 e. The zero-order chi connectivity index (χ0) is 17.8. The number of rotatable bonds is 4. The normalized spacial score (nSPS) is 22.8. The second-order valence-electron chi connectivity index (χ2n) is 7.14. The number of likely N-dealkylation sites (tertiary alicyclic amines) is 2. The molecule has 25 heavy (non-hydrogen) atoms. The molecule has 2 aliphatic heterocycles. The number of carbonyl (C=O) groups is 2. The van der Waals surface area contributed by atoms with Crippen molar-refractivity contribution >= 4 is 23.5 Å². The van der Waals surface area contributed by atoms with Crippen molar-refractivity contribution in [2.45, 2.75) is 43.5 Å². The van der Waals surface area contributed by atoms with E-state index < -0.39 is 0 Å². The molecule has 4 nitrogen and oxygen atoms in total. The van der Waals surface area contributed by atoms with Crippen LogP contribution in [0.25, 0.3) is 0 Å². The summed E-state index contributed by atoms with van der Waals surface area (Å²) in [6, 6.07) is 8.49. The van der Waals surface area contributed by atoms with Crippen LogP contribution in [-0.4, -0.2) is 60.0 Å². The van der Waals surface area contributed by atoms with E-state index in [1.165, 1.54) is 0 Å². The quantitative estimate of drug-likeness (QED) is 0.610. The molecule has 0 N–H and O–H groups in total. The van der Waals surface area contributed by atoms with Crippen LogP contribution in [0.5, 0.6) is 0 Å². The molecule has 0 spiro atoms. The van der Waals surface area contributed by atoms with Crippen molar-refractivity contribution in [3.63, 3.8) is 0 Å². The molecule has 1 atom stereocenters. The summed E-state index contributed by atoms with van der Waals surface area (Å²) in [5, 5.41) is 0. The van der Waals surface area contributed by atoms with Gasteiger partial charge in [0.2, 0.25) is 5.91 Å². The first-order chi connectivity index (χ1) is 12.1. The Balaban J connectivity index is 1.63. The Morgan fingerprint density at radius 2 is 1.80 bits per heavy atom. The number of Topliss-reactive ketones (excluding diaryl/α,β-unsaturated/α-hetero) is 1. The standard InChI is InChI=1S/C20H28N2O2S/c1-15(23)21-12-9-17(10-13-21)22-11-5-6-16(14-22)20(24)18-7-3-4-8-19(18)25-2/h3-4,7-8,16-17H,5-6,9-14H2,1-2H3/t16-/m1/s1. The third-order valence-electron chi connectivity index (χ3n) is 5.62. The highest BCUT2D eigenvalue weighted by molar-refractivity contribution is 7.98. The number of ketones is 1. The van der Waals surface area contributed by atoms with Crippen LogP contribution in [0.1, 0.15) is 43.0 Å². The maximum absolute atomic E-state index is 13.1. The summed E-state index contributed by atoms with van der Waals surface area (Å²) >= 11 is 1.65. The first-order valence-electron chi connectivity index (χ1n) is 9.27. The molecule has 2 heterocycles. The lowest BCUT2D eigenvalue weighted by Gasteiger charge is -2.42. The maximum atomic E-state index is 13.1. The molecular formula is C20H28N2O2S. The third-order valence-corrected chi connectivity index (χ3v) is 6.42. The number of piperidine rings is 2. The van der Waals surface area contributed by atoms with E-state index in [-0.39, 0.29) is 11.8 Å². The van der Waals surface area contributed by atoms with Gasteiger partial charge in [-0.3, -0.25) is 14.5 Å². The Hall–Kier alpha value is -1.33. The highest BCUT2D eigenvalue weighted by Crippen LogP contribution is 2.29. The smallest absolute Gasteiger partial charge is 0.219 e. The van der Waals surface area contributed by atoms with Gasteiger partial charge in [-0.05, 0) is 44.6 Å². The number of nitrogens with zero attached hydrogens (tertiary/aromatic N) is 2. The van der Waals surface area contributed by atoms with Gasteiger partial charge < -0.3 is 4.90 Å². The number of thioether (sulfide) groups is 1. The van der Waals surface area contributed by atoms with Crippen molar-refractivity contribution in [3.8, 4) is 0 Å². The SMILES string of the molecule is CSc1ccccc1C(=O)[C@@H]1CCCN(C2CCN(C(C)=O)CC2)C1. The molecule has 2 aliphatic rings. The predicted molar refractivity (Wildman–Crippen MR) is 102 cm³/mol. The molecule has 1 amide bonds. The van der Waals surface area contributed by atoms with E-state index in [2.05, 4.69) is 4.90 Å². The molecule has 5 heteroatoms. The van der Waals surface area contributed by atoms with E-state index >= 15 is 0 Å². The number of amides is 1. The zero-order valence-corrected chi connectivity index (χ0v) is 16.1. The van der Waals surface area contributed by atoms with Crippen LogP contribution in [0.4, 0.5) is 0 Å². The van der Waals surface area contributed by atoms with Gasteiger partial charge in [0.05, 0.1) is 0 Å². The van der Waals surface area contributed by atoms with E-state index in [0.717, 1.165) is 62.3 Å². The van der Waals surface area contributed by atoms with Gasteiger partial charge in [0.25, 0.3) is 0 Å². The first-order valence-corrected chi connectivity index (χ1v) is 10.5. The summed E-state index contributed by atoms with van der Waals surface area (Å²) in [4.78, 5) is 30.1. The number of benzene rings is 1. The van der Waals surface area contributed by atoms with Crippen LogP contribution in [-0.2, 0) is 4.79 Å². The van der Waals surface area contributed by atoms with Gasteiger partial charge in [0.15, 0.2) is 5.78 Å². The van der Waals surface area contributed by atoms with Gasteiger partial charge in [-0.2, -0.15) is 0 Å². The zero-order valence-electron chi connectivity index (χ0n) is 15.2. The summed E-state index contributed by atoms with van der Waals surface area (Å²) in [6.07, 6.45) is 6.17. The maximum Gasteiger partial charge on any atom is 0.219 e. The van der Waals surface area contributed by atoms with Crippen molar-refractivity contribution in [3.05, 3.63) is 29.8 Å². The van der Waals surface area contributed by atoms with Crippen LogP contribution in [0.15, 0.2) is 29.2 Å². The lowest BCUT2D eigenvalue weighted by Crippen LogP contribution is -2.50. The fourth-order valence-corrected chi connectivity index (χ4v) is 4.77. The minimum absolute atomic E-state index is 0.105. The number of carbonyl (C=O) groups excluding carboxylic acids is 2. The van der Waals surface area contributed by atoms with Crippen LogP contribution in [0, 0.1) is 5.92 Å². The van der Waals surface area contributed by atoms with Gasteiger partial charge in [0.1, 0.15) is 0 Å². The van der Waals surface area contributed by atoms with E-state index in [1.807, 2.05) is 35.4 Å². The topological polar surface area (TPSA) is 40.6 Å². The lowest BCUT2D eigenvalue weighted by atomic mass is 9.88. The number of hydrogen-bond acceptors (Lipinski definition) is 4. The van der Waals surface area contributed by atoms with E-state index in [1.54, 1.807) is 18.7 Å². The summed E-state index contributed by atoms with van der Waals surface area (Å²) in [5.41, 5.74) is 0.883. The van der Waals surface area contributed by atoms with Crippen molar-refractivity contribution < 1.29 is 9.59 Å². The molecule has 0 unspecified atom stereocenters. The second-order valence-corrected chi connectivity index (χ2v) is 7.98. The second kappa shape index (κ2) is 8.37. The Kier molecular flexibility index (Phi) is 6.18. The molecule has 2 fully saturated rings. The van der Waals surface area contributed by atoms with Crippen molar-refractivity contribution in [1.82, 2.24) is 9.80 Å². The van der Waals surface area contributed by atoms with Gasteiger partial charge in [-0.1, -0.05) is 18.2 Å². The molecule has 1 aromatic rings. The van der Waals surface area contributed by atoms with Crippen molar-refractivity contribution in [2.75, 3.05) is 32.4 Å². The number of hydrogen-bond donors (Lipinski definition) is 0. The average molecular weight is 361 g/mol. The lowest BCUT2D eigenvalue weighted by molar-refractivity contribution is -0.130. The molecule has 2 saturated heterocycles. The van der Waals surface area contributed by atoms with Crippen LogP contribution >= 0.6 is 11.8 Å². The molecule has 0 bridgehead atoms. The fourth-order valence-electron chi connectivity index (χ4n) is 4.17. The summed E-state index contributed by atoms with van der Waals surface area (Å²) < 4.78 is 0. The molecule has 0 saturated carbocycles. The summed E-state index contributed by atoms with van der Waals surface area (Å²) in [6.45, 7) is 5.30. The third kappa shape index (κ3) is 4.26. The van der Waals surface area contributed by atoms with Gasteiger partial charge >= 0.3 is 0 Å². The van der Waals surface area contributed by atoms with Gasteiger partial charge in [-0.15, -0.1) is 11.8 Å². The highest BCUT2D eigenvalue weighted by atomic mass is 32.2. The largest absolute Gasteiger partial charge is 0.343 e. The summed E-state index contributed by atoms with van der Waals surface area (Å²) in [5.74, 6) is 0.586. The van der Waals surface area contributed by atoms with E-state index in [0.29, 0.717) is 11.8 Å². The van der Waals surface area contributed by atoms with Crippen LogP contribution < -0.4 is 0 Å². The highest BCUT2D eigenvalue weighted by Gasteiger charge is 2.32. The molecule has 0 aromatic heterocycles. The molecule has 1 aromatic carbocycles. The van der Waals surface area contributed by atoms with Crippen molar-refractivity contribution in [1.29, 1.82) is 0 Å². The molecular weight excluding hydrogens is 332 g/mol. The van der Waals surface area contributed by atoms with Gasteiger partial charge in [0, 0.05) is 49.0 Å². The van der Waals surface area contributed by atoms with E-state index in [4.69, 9.17) is 0 Å². The summed E-state index contributed by atoms with van der Waals surface area (Å²) in [7, 11) is 0. The van der Waals surface area contributed by atoms with Crippen LogP contribution in [0.2, 0.25) is 0 Å². The Bertz CT molecular complexity index is 626. The molecule has 3 rings (SSSR count). The Morgan fingerprint density at radius 3 is 2.48 bits per heavy atom. The monoisotopic (exact) mass is 360 g/mol. The molecule has 0 aliphatic carbocycles. The first kappa shape index (κ1) is 18.5. The minimum atomic E-state index is 0.105. The fraction of sp³-hybridized carbons (Fsp3) is 0.600.